The molecule has 6 rings (SSSR count). The van der Waals surface area contributed by atoms with Crippen LogP contribution in [-0.4, -0.2) is 125 Å². The van der Waals surface area contributed by atoms with Gasteiger partial charge in [-0.15, -0.1) is 0 Å². The largest absolute Gasteiger partial charge is 0.479 e. The van der Waals surface area contributed by atoms with Gasteiger partial charge in [0.25, 0.3) is 16.7 Å². The first-order chi connectivity index (χ1) is 24.2. The minimum absolute atomic E-state index is 0.0237. The summed E-state index contributed by atoms with van der Waals surface area (Å²) in [5.74, 6) is -2.33. The van der Waals surface area contributed by atoms with Gasteiger partial charge in [0.15, 0.2) is 23.3 Å². The lowest BCUT2D eigenvalue weighted by atomic mass is 10.1. The minimum Gasteiger partial charge on any atom is -0.387 e. The Morgan fingerprint density at radius 1 is 0.827 bits per heavy atom. The van der Waals surface area contributed by atoms with Gasteiger partial charge in [-0.2, -0.15) is 14.5 Å². The number of aryl methyl sites for hydroxylation is 1. The van der Waals surface area contributed by atoms with E-state index in [9.17, 15) is 58.4 Å². The number of nitrogens with one attached hydrogen (secondary N) is 2. The highest BCUT2D eigenvalue weighted by atomic mass is 31.3. The van der Waals surface area contributed by atoms with Gasteiger partial charge in [-0.05, 0) is 0 Å². The van der Waals surface area contributed by atoms with Crippen LogP contribution in [0.25, 0.3) is 22.3 Å². The highest BCUT2D eigenvalue weighted by Gasteiger charge is 2.50. The van der Waals surface area contributed by atoms with E-state index in [1.165, 1.54) is 17.9 Å². The summed E-state index contributed by atoms with van der Waals surface area (Å²) in [6, 6.07) is 0. The van der Waals surface area contributed by atoms with E-state index in [-0.39, 0.29) is 34.2 Å². The SMILES string of the molecule is C[n+]1cn([C@@H]2O[C@H](COP(=O)(O)OP(=O)(O)CP(=O)(O)OC[C@H]3O[C@@H](n4cnc5c(=O)[nH]c(N)nc54)[C@@H](O)C3O)C(O)[C@@H]2O)c2nc(N)[nH]c(=O)c21. The summed E-state index contributed by atoms with van der Waals surface area (Å²) in [5, 5.41) is 42.2. The number of aliphatic hydroxyl groups excluding tert-OH is 4. The fraction of sp³-hybridized carbons (Fsp3) is 0.545. The molecule has 6 heterocycles. The van der Waals surface area contributed by atoms with Crippen LogP contribution in [0.5, 0.6) is 0 Å². The van der Waals surface area contributed by atoms with Crippen molar-refractivity contribution in [1.29, 1.82) is 0 Å². The Morgan fingerprint density at radius 3 is 1.98 bits per heavy atom. The fourth-order valence-electron chi connectivity index (χ4n) is 5.61. The quantitative estimate of drug-likeness (QED) is 0.0475. The molecule has 4 aromatic heterocycles. The van der Waals surface area contributed by atoms with E-state index in [4.69, 9.17) is 25.5 Å². The molecular weight excluding hydrogens is 769 g/mol. The van der Waals surface area contributed by atoms with Crippen molar-refractivity contribution in [3.63, 3.8) is 0 Å². The number of aromatic nitrogens is 8. The molecule has 2 aliphatic rings. The van der Waals surface area contributed by atoms with Crippen molar-refractivity contribution in [2.45, 2.75) is 49.1 Å². The molecule has 0 bridgehead atoms. The Balaban J connectivity index is 1.05. The van der Waals surface area contributed by atoms with Crippen LogP contribution in [0.2, 0.25) is 0 Å². The molecule has 11 atom stereocenters. The normalized spacial score (nSPS) is 30.1. The lowest BCUT2D eigenvalue weighted by molar-refractivity contribution is -0.646. The summed E-state index contributed by atoms with van der Waals surface area (Å²) in [4.78, 5) is 71.2. The van der Waals surface area contributed by atoms with Crippen LogP contribution >= 0.6 is 23.0 Å². The van der Waals surface area contributed by atoms with E-state index in [1.807, 2.05) is 0 Å². The fourth-order valence-corrected chi connectivity index (χ4v) is 10.6. The van der Waals surface area contributed by atoms with Gasteiger partial charge in [-0.3, -0.25) is 37.8 Å². The van der Waals surface area contributed by atoms with Crippen LogP contribution in [0.15, 0.2) is 22.2 Å². The number of hydrogen-bond donors (Lipinski definition) is 11. The van der Waals surface area contributed by atoms with E-state index < -0.39 is 102 Å². The van der Waals surface area contributed by atoms with Crippen molar-refractivity contribution in [3.05, 3.63) is 33.4 Å². The Labute approximate surface area is 287 Å². The third kappa shape index (κ3) is 7.48. The zero-order chi connectivity index (χ0) is 38.1. The number of aromatic amines is 2. The molecule has 0 saturated carbocycles. The molecule has 52 heavy (non-hydrogen) atoms. The van der Waals surface area contributed by atoms with Crippen molar-refractivity contribution in [1.82, 2.24) is 34.1 Å². The highest BCUT2D eigenvalue weighted by molar-refractivity contribution is 7.74. The van der Waals surface area contributed by atoms with Crippen LogP contribution in [0, 0.1) is 0 Å². The molecule has 0 amide bonds. The van der Waals surface area contributed by atoms with E-state index >= 15 is 0 Å². The van der Waals surface area contributed by atoms with Gasteiger partial charge in [0.05, 0.1) is 26.6 Å². The van der Waals surface area contributed by atoms with E-state index in [0.29, 0.717) is 0 Å². The molecule has 13 N–H and O–H groups in total. The number of nitrogens with two attached hydrogens (primary N) is 2. The van der Waals surface area contributed by atoms with Crippen molar-refractivity contribution in [2.75, 3.05) is 30.6 Å². The second-order valence-corrected chi connectivity index (χ2v) is 17.5. The van der Waals surface area contributed by atoms with Crippen LogP contribution in [0.1, 0.15) is 12.5 Å². The predicted octanol–water partition coefficient (Wildman–Crippen LogP) is -4.44. The molecule has 5 unspecified atom stereocenters. The number of H-pyrrole nitrogens is 2. The summed E-state index contributed by atoms with van der Waals surface area (Å²) in [6.45, 7) is -2.00. The van der Waals surface area contributed by atoms with Crippen molar-refractivity contribution in [3.8, 4) is 0 Å². The molecule has 286 valence electrons. The second-order valence-electron chi connectivity index (χ2n) is 11.7. The van der Waals surface area contributed by atoms with Gasteiger partial charge in [-0.1, -0.05) is 0 Å². The number of fused-ring (bicyclic) bond motifs is 2. The first kappa shape index (κ1) is 38.2. The number of anilines is 2. The van der Waals surface area contributed by atoms with Gasteiger partial charge >= 0.3 is 28.6 Å². The number of imidazole rings is 2. The lowest BCUT2D eigenvalue weighted by Crippen LogP contribution is -2.34. The van der Waals surface area contributed by atoms with Gasteiger partial charge < -0.3 is 60.6 Å². The summed E-state index contributed by atoms with van der Waals surface area (Å²) < 4.78 is 66.3. The predicted molar refractivity (Wildman–Crippen MR) is 168 cm³/mol. The molecule has 2 fully saturated rings. The maximum atomic E-state index is 12.7. The van der Waals surface area contributed by atoms with Crippen molar-refractivity contribution in [2.24, 2.45) is 7.05 Å². The monoisotopic (exact) mass is 801 g/mol. The number of phosphoric ester groups is 1. The number of hydrogen-bond acceptors (Lipinski definition) is 19. The molecule has 0 aromatic carbocycles. The van der Waals surface area contributed by atoms with Crippen LogP contribution in [0.3, 0.4) is 0 Å². The average Bonchev–Trinajstić information content (AvgIpc) is 3.74. The first-order valence-electron chi connectivity index (χ1n) is 14.7. The summed E-state index contributed by atoms with van der Waals surface area (Å²) >= 11 is 0. The van der Waals surface area contributed by atoms with Gasteiger partial charge in [-0.25, -0.2) is 18.4 Å². The first-order valence-corrected chi connectivity index (χ1v) is 19.7. The van der Waals surface area contributed by atoms with Gasteiger partial charge in [0.2, 0.25) is 24.5 Å². The Kier molecular flexibility index (Phi) is 10.1. The Hall–Kier alpha value is -3.49. The van der Waals surface area contributed by atoms with Crippen molar-refractivity contribution < 1.29 is 76.2 Å². The number of ether oxygens (including phenoxy) is 2. The van der Waals surface area contributed by atoms with E-state index in [2.05, 4.69) is 33.8 Å². The molecule has 2 aliphatic heterocycles. The maximum absolute atomic E-state index is 12.7. The third-order valence-electron chi connectivity index (χ3n) is 7.89. The van der Waals surface area contributed by atoms with E-state index in [0.717, 1.165) is 15.5 Å². The number of rotatable bonds is 12. The van der Waals surface area contributed by atoms with Gasteiger partial charge in [0, 0.05) is 0 Å². The molecular formula is C22H32N10O17P3+. The zero-order valence-corrected chi connectivity index (χ0v) is 29.0. The third-order valence-corrected chi connectivity index (χ3v) is 13.6. The second kappa shape index (κ2) is 13.7. The maximum Gasteiger partial charge on any atom is 0.479 e. The summed E-state index contributed by atoms with van der Waals surface area (Å²) in [6.07, 6.45) is -10.6. The molecule has 4 aromatic rings. The van der Waals surface area contributed by atoms with Crippen LogP contribution in [0.4, 0.5) is 11.9 Å². The lowest BCUT2D eigenvalue weighted by Gasteiger charge is -2.21. The number of phosphoric acid groups is 1. The van der Waals surface area contributed by atoms with Crippen LogP contribution in [-0.2, 0) is 43.6 Å². The standard InChI is InChI=1S/C22H31N10O17P3/c1-30-5-32(16-10(30)18(38)29-22(24)27-16)20-14(36)12(34)8(48-20)3-46-52(43,44)49-51(41,42)6-50(39,40)45-2-7-11(33)13(35)19(47-7)31-4-25-9-15(31)26-21(23)28-17(9)37/h4-5,7-8,11-14,19-20,33-36H,2-3,6H2,1H3,(H8-,23,24,26,27,28,29,37,38,39,40,41,42,43,44)/p+1/t7-,8-,11?,12?,13+,14+,19-,20-/m1/s1. The summed E-state index contributed by atoms with van der Waals surface area (Å²) in [7, 11) is -14.8. The minimum atomic E-state index is -5.56. The number of aliphatic hydroxyl groups is 4. The highest BCUT2D eigenvalue weighted by Crippen LogP contribution is 2.66. The summed E-state index contributed by atoms with van der Waals surface area (Å²) in [5.41, 5.74) is 9.50. The van der Waals surface area contributed by atoms with E-state index in [1.54, 1.807) is 0 Å². The molecule has 2 saturated heterocycles. The average molecular weight is 801 g/mol. The van der Waals surface area contributed by atoms with Crippen LogP contribution < -0.4 is 27.2 Å². The van der Waals surface area contributed by atoms with Gasteiger partial charge in [0.1, 0.15) is 36.6 Å². The Morgan fingerprint density at radius 2 is 1.37 bits per heavy atom. The Bertz CT molecular complexity index is 2280. The molecule has 27 nitrogen and oxygen atoms in total. The topological polar surface area (TPSA) is 409 Å². The smallest absolute Gasteiger partial charge is 0.387 e. The molecule has 0 radical (unpaired) electrons. The number of nitrogen functional groups attached to an aromatic ring is 2. The zero-order valence-electron chi connectivity index (χ0n) is 26.3. The number of nitrogens with zero attached hydrogens (tertiary/aromatic N) is 6. The molecule has 30 heteroatoms. The molecule has 0 spiro atoms. The molecule has 0 aliphatic carbocycles. The van der Waals surface area contributed by atoms with Crippen molar-refractivity contribution >= 4 is 57.2 Å².